The Morgan fingerprint density at radius 1 is 0.950 bits per heavy atom. The number of sulfonamides is 1. The van der Waals surface area contributed by atoms with Crippen LogP contribution in [0.3, 0.4) is 0 Å². The smallest absolute Gasteiger partial charge is 0.407 e. The number of rotatable bonds is 13. The molecular weight excluding hydrogens is 522 g/mol. The number of nitrogens with one attached hydrogen (secondary N) is 1. The number of aryl methyl sites for hydroxylation is 1. The van der Waals surface area contributed by atoms with Crippen LogP contribution >= 0.6 is 0 Å². The van der Waals surface area contributed by atoms with E-state index in [9.17, 15) is 13.2 Å². The number of ether oxygens (including phenoxy) is 1. The number of carbonyl (C=O) groups excluding carboxylic acids is 1. The van der Waals surface area contributed by atoms with Crippen molar-refractivity contribution in [1.29, 1.82) is 0 Å². The molecule has 214 valence electrons. The molecule has 0 radical (unpaired) electrons. The van der Waals surface area contributed by atoms with Gasteiger partial charge in [0.15, 0.2) is 0 Å². The summed E-state index contributed by atoms with van der Waals surface area (Å²) in [7, 11) is -3.67. The van der Waals surface area contributed by atoms with Gasteiger partial charge < -0.3 is 15.8 Å². The minimum absolute atomic E-state index is 0.0193. The number of hydrogen-bond acceptors (Lipinski definition) is 5. The second-order valence-electron chi connectivity index (χ2n) is 10.9. The third kappa shape index (κ3) is 6.92. The molecule has 1 unspecified atom stereocenters. The minimum Gasteiger partial charge on any atom is -0.449 e. The third-order valence-corrected chi connectivity index (χ3v) is 9.36. The highest BCUT2D eigenvalue weighted by Crippen LogP contribution is 2.44. The van der Waals surface area contributed by atoms with Gasteiger partial charge in [0.2, 0.25) is 10.0 Å². The molecule has 0 spiro atoms. The molecule has 8 heteroatoms. The summed E-state index contributed by atoms with van der Waals surface area (Å²) in [5.41, 5.74) is 11.8. The minimum atomic E-state index is -3.67. The Morgan fingerprint density at radius 2 is 1.55 bits per heavy atom. The van der Waals surface area contributed by atoms with Crippen molar-refractivity contribution < 1.29 is 17.9 Å². The molecule has 1 aliphatic carbocycles. The average Bonchev–Trinajstić information content (AvgIpc) is 3.26. The lowest BCUT2D eigenvalue weighted by molar-refractivity contribution is 0.143. The van der Waals surface area contributed by atoms with Crippen LogP contribution in [0, 0.1) is 12.8 Å². The molecule has 0 heterocycles. The van der Waals surface area contributed by atoms with Crippen LogP contribution in [0.2, 0.25) is 0 Å². The number of hydrogen-bond donors (Lipinski definition) is 2. The third-order valence-electron chi connectivity index (χ3n) is 7.43. The summed E-state index contributed by atoms with van der Waals surface area (Å²) in [5, 5.41) is 2.84. The van der Waals surface area contributed by atoms with Crippen molar-refractivity contribution >= 4 is 16.1 Å². The Morgan fingerprint density at radius 3 is 2.12 bits per heavy atom. The lowest BCUT2D eigenvalue weighted by Gasteiger charge is -2.31. The van der Waals surface area contributed by atoms with E-state index in [0.29, 0.717) is 25.9 Å². The van der Waals surface area contributed by atoms with E-state index in [1.807, 2.05) is 57.2 Å². The van der Waals surface area contributed by atoms with Gasteiger partial charge >= 0.3 is 6.09 Å². The van der Waals surface area contributed by atoms with Gasteiger partial charge in [0.1, 0.15) is 6.61 Å². The molecule has 3 N–H and O–H groups in total. The number of amides is 1. The number of benzene rings is 3. The number of carbonyl (C=O) groups is 1. The Hall–Kier alpha value is -3.20. The monoisotopic (exact) mass is 563 g/mol. The summed E-state index contributed by atoms with van der Waals surface area (Å²) in [6.45, 7) is 7.29. The molecular formula is C32H41N3O4S. The first kappa shape index (κ1) is 29.8. The fourth-order valence-corrected chi connectivity index (χ4v) is 7.20. The fraction of sp³-hybridized carbons (Fsp3) is 0.406. The van der Waals surface area contributed by atoms with Crippen molar-refractivity contribution in [3.63, 3.8) is 0 Å². The normalized spacial score (nSPS) is 13.8. The summed E-state index contributed by atoms with van der Waals surface area (Å²) < 4.78 is 34.2. The molecule has 1 atom stereocenters. The Labute approximate surface area is 238 Å². The topological polar surface area (TPSA) is 102 Å². The zero-order chi connectivity index (χ0) is 28.7. The molecule has 4 rings (SSSR count). The largest absolute Gasteiger partial charge is 0.449 e. The predicted molar refractivity (Wildman–Crippen MR) is 160 cm³/mol. The van der Waals surface area contributed by atoms with E-state index in [-0.39, 0.29) is 35.9 Å². The Balaban J connectivity index is 1.27. The van der Waals surface area contributed by atoms with E-state index in [1.165, 1.54) is 22.3 Å². The molecule has 0 saturated heterocycles. The first-order valence-electron chi connectivity index (χ1n) is 14.1. The van der Waals surface area contributed by atoms with Crippen LogP contribution in [0.1, 0.15) is 55.7 Å². The highest BCUT2D eigenvalue weighted by Gasteiger charge is 2.31. The molecule has 1 amide bonds. The van der Waals surface area contributed by atoms with Crippen LogP contribution < -0.4 is 11.1 Å². The Kier molecular flexibility index (Phi) is 10.0. The molecule has 0 fully saturated rings. The van der Waals surface area contributed by atoms with Crippen LogP contribution in [0.25, 0.3) is 11.1 Å². The molecule has 0 saturated carbocycles. The summed E-state index contributed by atoms with van der Waals surface area (Å²) in [6.07, 6.45) is 1.59. The second-order valence-corrected chi connectivity index (χ2v) is 12.8. The maximum atomic E-state index is 13.5. The number of unbranched alkanes of at least 4 members (excludes halogenated alkanes) is 1. The standard InChI is InChI=1S/C32H41N3O4S/c1-23(2)21-35(40(37,38)26-17-15-24(3)16-18-26)25(20-33)10-8-9-19-34-32(36)39-22-31-29-13-6-4-11-27(29)28-12-5-7-14-30(28)31/h4-7,11-18,23,25,31H,8-10,19-22,33H2,1-3H3,(H,34,36). The summed E-state index contributed by atoms with van der Waals surface area (Å²) in [6, 6.07) is 23.1. The molecule has 40 heavy (non-hydrogen) atoms. The van der Waals surface area contributed by atoms with E-state index >= 15 is 0 Å². The first-order valence-corrected chi connectivity index (χ1v) is 15.5. The van der Waals surface area contributed by atoms with E-state index < -0.39 is 16.1 Å². The number of nitrogens with two attached hydrogens (primary N) is 1. The van der Waals surface area contributed by atoms with Gasteiger partial charge in [0, 0.05) is 31.6 Å². The van der Waals surface area contributed by atoms with Gasteiger partial charge in [-0.1, -0.05) is 86.5 Å². The van der Waals surface area contributed by atoms with Crippen molar-refractivity contribution in [2.75, 3.05) is 26.2 Å². The van der Waals surface area contributed by atoms with Gasteiger partial charge in [-0.25, -0.2) is 13.2 Å². The maximum Gasteiger partial charge on any atom is 0.407 e. The van der Waals surface area contributed by atoms with Gasteiger partial charge in [-0.3, -0.25) is 0 Å². The predicted octanol–water partition coefficient (Wildman–Crippen LogP) is 5.68. The molecule has 3 aromatic rings. The summed E-state index contributed by atoms with van der Waals surface area (Å²) in [4.78, 5) is 12.8. The number of nitrogens with zero attached hydrogens (tertiary/aromatic N) is 1. The summed E-state index contributed by atoms with van der Waals surface area (Å²) >= 11 is 0. The molecule has 1 aliphatic rings. The fourth-order valence-electron chi connectivity index (χ4n) is 5.37. The first-order chi connectivity index (χ1) is 19.2. The van der Waals surface area contributed by atoms with Crippen LogP contribution in [-0.2, 0) is 14.8 Å². The lowest BCUT2D eigenvalue weighted by atomic mass is 9.98. The van der Waals surface area contributed by atoms with Crippen molar-refractivity contribution in [3.05, 3.63) is 89.5 Å². The van der Waals surface area contributed by atoms with Crippen LogP contribution in [0.5, 0.6) is 0 Å². The van der Waals surface area contributed by atoms with Crippen LogP contribution in [0.4, 0.5) is 4.79 Å². The lowest BCUT2D eigenvalue weighted by Crippen LogP contribution is -2.46. The van der Waals surface area contributed by atoms with Crippen molar-refractivity contribution in [1.82, 2.24) is 9.62 Å². The van der Waals surface area contributed by atoms with Crippen molar-refractivity contribution in [3.8, 4) is 11.1 Å². The van der Waals surface area contributed by atoms with E-state index in [2.05, 4.69) is 29.6 Å². The zero-order valence-corrected chi connectivity index (χ0v) is 24.5. The van der Waals surface area contributed by atoms with E-state index in [4.69, 9.17) is 10.5 Å². The molecule has 0 bridgehead atoms. The van der Waals surface area contributed by atoms with E-state index in [0.717, 1.165) is 12.0 Å². The number of alkyl carbamates (subject to hydrolysis) is 1. The van der Waals surface area contributed by atoms with Gasteiger partial charge in [0.25, 0.3) is 0 Å². The quantitative estimate of drug-likeness (QED) is 0.261. The molecule has 0 aliphatic heterocycles. The van der Waals surface area contributed by atoms with Crippen molar-refractivity contribution in [2.45, 2.75) is 56.9 Å². The van der Waals surface area contributed by atoms with Gasteiger partial charge in [-0.15, -0.1) is 0 Å². The highest BCUT2D eigenvalue weighted by molar-refractivity contribution is 7.89. The zero-order valence-electron chi connectivity index (χ0n) is 23.7. The Bertz CT molecular complexity index is 1340. The van der Waals surface area contributed by atoms with E-state index in [1.54, 1.807) is 16.4 Å². The van der Waals surface area contributed by atoms with Gasteiger partial charge in [0.05, 0.1) is 4.90 Å². The van der Waals surface area contributed by atoms with Gasteiger partial charge in [-0.05, 0) is 60.1 Å². The van der Waals surface area contributed by atoms with Crippen LogP contribution in [0.15, 0.2) is 77.7 Å². The summed E-state index contributed by atoms with van der Waals surface area (Å²) in [5.74, 6) is 0.176. The maximum absolute atomic E-state index is 13.5. The van der Waals surface area contributed by atoms with Gasteiger partial charge in [-0.2, -0.15) is 4.31 Å². The van der Waals surface area contributed by atoms with Crippen molar-refractivity contribution in [2.24, 2.45) is 11.7 Å². The highest BCUT2D eigenvalue weighted by atomic mass is 32.2. The second kappa shape index (κ2) is 13.4. The average molecular weight is 564 g/mol. The molecule has 3 aromatic carbocycles. The molecule has 0 aromatic heterocycles. The number of fused-ring (bicyclic) bond motifs is 3. The van der Waals surface area contributed by atoms with Crippen LogP contribution in [-0.4, -0.2) is 51.1 Å². The SMILES string of the molecule is Cc1ccc(S(=O)(=O)N(CC(C)C)C(CN)CCCCNC(=O)OCC2c3ccccc3-c3ccccc32)cc1. The molecule has 7 nitrogen and oxygen atoms in total.